The number of benzene rings is 1. The van der Waals surface area contributed by atoms with E-state index >= 15 is 0 Å². The van der Waals surface area contributed by atoms with Crippen LogP contribution in [0, 0.1) is 6.92 Å². The summed E-state index contributed by atoms with van der Waals surface area (Å²) in [5, 5.41) is 3.81. The summed E-state index contributed by atoms with van der Waals surface area (Å²) in [6.07, 6.45) is 2.94. The molecule has 2 aromatic rings. The van der Waals surface area contributed by atoms with E-state index in [1.54, 1.807) is 23.2 Å². The van der Waals surface area contributed by atoms with Crippen LogP contribution in [0.2, 0.25) is 5.02 Å². The van der Waals surface area contributed by atoms with Crippen molar-refractivity contribution in [3.63, 3.8) is 0 Å². The largest absolute Gasteiger partial charge is 0.347 e. The summed E-state index contributed by atoms with van der Waals surface area (Å²) in [5.41, 5.74) is 2.18. The van der Waals surface area contributed by atoms with Crippen molar-refractivity contribution in [2.75, 3.05) is 31.6 Å². The van der Waals surface area contributed by atoms with Crippen LogP contribution in [0.1, 0.15) is 28.9 Å². The van der Waals surface area contributed by atoms with E-state index in [0.717, 1.165) is 11.3 Å². The molecule has 2 fully saturated rings. The first-order valence-electron chi connectivity index (χ1n) is 8.98. The summed E-state index contributed by atoms with van der Waals surface area (Å²) in [6.45, 7) is 4.36. The predicted octanol–water partition coefficient (Wildman–Crippen LogP) is 3.16. The van der Waals surface area contributed by atoms with Gasteiger partial charge in [0.05, 0.1) is 13.2 Å². The molecule has 0 radical (unpaired) electrons. The van der Waals surface area contributed by atoms with Gasteiger partial charge in [0.2, 0.25) is 5.95 Å². The number of aryl methyl sites for hydroxylation is 1. The molecular formula is C19H21ClN4O3. The molecular weight excluding hydrogens is 368 g/mol. The average Bonchev–Trinajstić information content (AvgIpc) is 3.12. The van der Waals surface area contributed by atoms with Gasteiger partial charge in [-0.1, -0.05) is 11.6 Å². The number of nitrogens with one attached hydrogen (secondary N) is 1. The molecule has 0 saturated carbocycles. The molecule has 1 spiro atoms. The van der Waals surface area contributed by atoms with Gasteiger partial charge in [0.25, 0.3) is 5.91 Å². The van der Waals surface area contributed by atoms with Crippen LogP contribution < -0.4 is 5.32 Å². The highest BCUT2D eigenvalue weighted by molar-refractivity contribution is 6.30. The van der Waals surface area contributed by atoms with E-state index in [-0.39, 0.29) is 5.91 Å². The number of likely N-dealkylation sites (tertiary alicyclic amines) is 1. The highest BCUT2D eigenvalue weighted by atomic mass is 35.5. The van der Waals surface area contributed by atoms with Crippen LogP contribution in [0.5, 0.6) is 0 Å². The highest BCUT2D eigenvalue weighted by Gasteiger charge is 2.41. The predicted molar refractivity (Wildman–Crippen MR) is 101 cm³/mol. The lowest BCUT2D eigenvalue weighted by molar-refractivity contribution is -0.181. The second-order valence-electron chi connectivity index (χ2n) is 6.75. The molecule has 0 atom stereocenters. The lowest BCUT2D eigenvalue weighted by Gasteiger charge is -2.37. The molecule has 2 aliphatic rings. The van der Waals surface area contributed by atoms with E-state index in [4.69, 9.17) is 21.1 Å². The van der Waals surface area contributed by atoms with Crippen molar-refractivity contribution in [3.8, 4) is 0 Å². The zero-order valence-corrected chi connectivity index (χ0v) is 15.8. The number of anilines is 2. The van der Waals surface area contributed by atoms with Crippen molar-refractivity contribution in [1.29, 1.82) is 0 Å². The highest BCUT2D eigenvalue weighted by Crippen LogP contribution is 2.31. The first-order valence-corrected chi connectivity index (χ1v) is 9.36. The Morgan fingerprint density at radius 1 is 1.22 bits per heavy atom. The number of rotatable bonds is 3. The van der Waals surface area contributed by atoms with E-state index in [9.17, 15) is 4.79 Å². The lowest BCUT2D eigenvalue weighted by atomic mass is 10.0. The molecule has 2 aliphatic heterocycles. The number of halogens is 1. The van der Waals surface area contributed by atoms with E-state index in [1.807, 2.05) is 19.1 Å². The number of hydrogen-bond donors (Lipinski definition) is 1. The molecule has 4 rings (SSSR count). The zero-order chi connectivity index (χ0) is 18.9. The van der Waals surface area contributed by atoms with Crippen LogP contribution in [0.3, 0.4) is 0 Å². The number of piperidine rings is 1. The Kier molecular flexibility index (Phi) is 4.99. The maximum absolute atomic E-state index is 12.8. The van der Waals surface area contributed by atoms with Crippen LogP contribution in [-0.2, 0) is 9.47 Å². The van der Waals surface area contributed by atoms with Gasteiger partial charge in [0.15, 0.2) is 5.79 Å². The van der Waals surface area contributed by atoms with Gasteiger partial charge in [-0.2, -0.15) is 0 Å². The van der Waals surface area contributed by atoms with Crippen LogP contribution in [-0.4, -0.2) is 52.9 Å². The lowest BCUT2D eigenvalue weighted by Crippen LogP contribution is -2.47. The topological polar surface area (TPSA) is 76.6 Å². The molecule has 8 heteroatoms. The number of amides is 1. The third kappa shape index (κ3) is 3.90. The molecule has 0 aliphatic carbocycles. The van der Waals surface area contributed by atoms with Crippen molar-refractivity contribution in [1.82, 2.24) is 14.9 Å². The zero-order valence-electron chi connectivity index (χ0n) is 15.1. The van der Waals surface area contributed by atoms with Crippen LogP contribution in [0.4, 0.5) is 11.6 Å². The van der Waals surface area contributed by atoms with Crippen molar-refractivity contribution in [2.24, 2.45) is 0 Å². The molecule has 142 valence electrons. The third-order valence-corrected chi connectivity index (χ3v) is 5.17. The van der Waals surface area contributed by atoms with E-state index in [1.165, 1.54) is 0 Å². The summed E-state index contributed by atoms with van der Waals surface area (Å²) >= 11 is 5.99. The van der Waals surface area contributed by atoms with Gasteiger partial charge >= 0.3 is 0 Å². The fraction of sp³-hybridized carbons (Fsp3) is 0.421. The Balaban J connectivity index is 1.45. The maximum atomic E-state index is 12.8. The van der Waals surface area contributed by atoms with Crippen molar-refractivity contribution < 1.29 is 14.3 Å². The number of ether oxygens (including phenoxy) is 2. The minimum Gasteiger partial charge on any atom is -0.347 e. The molecule has 0 bridgehead atoms. The minimum atomic E-state index is -0.499. The van der Waals surface area contributed by atoms with Gasteiger partial charge in [-0.25, -0.2) is 9.97 Å². The Morgan fingerprint density at radius 2 is 1.96 bits per heavy atom. The molecule has 0 unspecified atom stereocenters. The summed E-state index contributed by atoms with van der Waals surface area (Å²) in [5.74, 6) is -0.232. The fourth-order valence-corrected chi connectivity index (χ4v) is 3.65. The van der Waals surface area contributed by atoms with Crippen LogP contribution in [0.15, 0.2) is 30.5 Å². The molecule has 1 aromatic carbocycles. The molecule has 1 aromatic heterocycles. The third-order valence-electron chi connectivity index (χ3n) is 4.94. The number of carbonyl (C=O) groups excluding carboxylic acids is 1. The molecule has 2 saturated heterocycles. The summed E-state index contributed by atoms with van der Waals surface area (Å²) in [6, 6.07) is 7.15. The van der Waals surface area contributed by atoms with Gasteiger partial charge in [-0.3, -0.25) is 4.79 Å². The van der Waals surface area contributed by atoms with Crippen molar-refractivity contribution >= 4 is 29.1 Å². The number of hydrogen-bond acceptors (Lipinski definition) is 6. The molecule has 7 nitrogen and oxygen atoms in total. The molecule has 1 N–H and O–H groups in total. The minimum absolute atomic E-state index is 0.110. The Morgan fingerprint density at radius 3 is 2.67 bits per heavy atom. The molecule has 1 amide bonds. The second-order valence-corrected chi connectivity index (χ2v) is 7.19. The number of carbonyl (C=O) groups is 1. The van der Waals surface area contributed by atoms with Crippen molar-refractivity contribution in [2.45, 2.75) is 25.6 Å². The number of nitrogens with zero attached hydrogens (tertiary/aromatic N) is 3. The smallest absolute Gasteiger partial charge is 0.272 e. The van der Waals surface area contributed by atoms with Gasteiger partial charge < -0.3 is 19.7 Å². The van der Waals surface area contributed by atoms with Gasteiger partial charge in [-0.15, -0.1) is 0 Å². The van der Waals surface area contributed by atoms with E-state index in [2.05, 4.69) is 15.3 Å². The molecule has 3 heterocycles. The Bertz CT molecular complexity index is 845. The fourth-order valence-electron chi connectivity index (χ4n) is 3.42. The first kappa shape index (κ1) is 18.2. The summed E-state index contributed by atoms with van der Waals surface area (Å²) < 4.78 is 11.4. The van der Waals surface area contributed by atoms with E-state index in [0.29, 0.717) is 55.8 Å². The second kappa shape index (κ2) is 7.42. The van der Waals surface area contributed by atoms with Crippen molar-refractivity contribution in [3.05, 3.63) is 46.7 Å². The van der Waals surface area contributed by atoms with E-state index < -0.39 is 5.79 Å². The van der Waals surface area contributed by atoms with Gasteiger partial charge in [-0.05, 0) is 36.8 Å². The quantitative estimate of drug-likeness (QED) is 0.870. The Labute approximate surface area is 162 Å². The molecule has 27 heavy (non-hydrogen) atoms. The van der Waals surface area contributed by atoms with Crippen LogP contribution >= 0.6 is 11.6 Å². The first-order chi connectivity index (χ1) is 13.0. The Hall–Kier alpha value is -2.22. The summed E-state index contributed by atoms with van der Waals surface area (Å²) in [7, 11) is 0. The monoisotopic (exact) mass is 388 g/mol. The standard InChI is InChI=1S/C19H21ClN4O3/c1-13-12-14(20)2-3-15(13)22-18-21-7-4-16(23-18)17(25)24-8-5-19(6-9-24)26-10-11-27-19/h2-4,7,12H,5-6,8-11H2,1H3,(H,21,22,23). The number of aromatic nitrogens is 2. The van der Waals surface area contributed by atoms with Gasteiger partial charge in [0, 0.05) is 42.8 Å². The normalized spacial score (nSPS) is 18.7. The average molecular weight is 389 g/mol. The summed E-state index contributed by atoms with van der Waals surface area (Å²) in [4.78, 5) is 23.2. The maximum Gasteiger partial charge on any atom is 0.272 e. The van der Waals surface area contributed by atoms with Gasteiger partial charge in [0.1, 0.15) is 5.69 Å². The SMILES string of the molecule is Cc1cc(Cl)ccc1Nc1nccc(C(=O)N2CCC3(CC2)OCCO3)n1. The van der Waals surface area contributed by atoms with Crippen LogP contribution in [0.25, 0.3) is 0 Å².